The third-order valence-corrected chi connectivity index (χ3v) is 6.79. The van der Waals surface area contributed by atoms with Gasteiger partial charge in [0.2, 0.25) is 16.9 Å². The molecular weight excluding hydrogens is 362 g/mol. The van der Waals surface area contributed by atoms with Crippen molar-refractivity contribution < 1.29 is 9.21 Å². The zero-order chi connectivity index (χ0) is 19.4. The lowest BCUT2D eigenvalue weighted by Crippen LogP contribution is -2.40. The Morgan fingerprint density at radius 2 is 2.11 bits per heavy atom. The van der Waals surface area contributed by atoms with Gasteiger partial charge in [0.25, 0.3) is 0 Å². The molecule has 27 heavy (non-hydrogen) atoms. The Kier molecular flexibility index (Phi) is 6.14. The first-order valence-electron chi connectivity index (χ1n) is 9.57. The zero-order valence-electron chi connectivity index (χ0n) is 16.3. The van der Waals surface area contributed by atoms with Crippen LogP contribution in [0.4, 0.5) is 0 Å². The number of carbonyl (C=O) groups is 1. The van der Waals surface area contributed by atoms with Gasteiger partial charge in [-0.3, -0.25) is 4.79 Å². The summed E-state index contributed by atoms with van der Waals surface area (Å²) in [6.07, 6.45) is 7.23. The Bertz CT molecular complexity index is 748. The Labute approximate surface area is 164 Å². The molecule has 1 amide bonds. The number of carbonyl (C=O) groups excluding carboxylic acids is 1. The van der Waals surface area contributed by atoms with E-state index in [9.17, 15) is 4.79 Å². The van der Waals surface area contributed by atoms with E-state index in [1.807, 2.05) is 0 Å². The summed E-state index contributed by atoms with van der Waals surface area (Å²) in [7, 11) is 0. The molecule has 8 heteroatoms. The van der Waals surface area contributed by atoms with Crippen LogP contribution in [-0.2, 0) is 4.79 Å². The molecule has 0 bridgehead atoms. The SMILES string of the molecule is CCC(C)(C)C1CCC(NC(=O)CSc2nnc(-c3ccco3)n2N)CC1. The van der Waals surface area contributed by atoms with Crippen molar-refractivity contribution in [3.05, 3.63) is 18.4 Å². The fourth-order valence-electron chi connectivity index (χ4n) is 3.66. The summed E-state index contributed by atoms with van der Waals surface area (Å²) in [5, 5.41) is 11.7. The molecule has 148 valence electrons. The molecule has 3 rings (SSSR count). The van der Waals surface area contributed by atoms with Crippen molar-refractivity contribution in [1.29, 1.82) is 0 Å². The Hall–Kier alpha value is -1.96. The number of nitrogens with one attached hydrogen (secondary N) is 1. The number of amides is 1. The van der Waals surface area contributed by atoms with Gasteiger partial charge in [0.15, 0.2) is 5.76 Å². The summed E-state index contributed by atoms with van der Waals surface area (Å²) in [5.74, 6) is 8.04. The number of furan rings is 1. The molecule has 0 spiro atoms. The van der Waals surface area contributed by atoms with Crippen molar-refractivity contribution in [2.75, 3.05) is 11.6 Å². The van der Waals surface area contributed by atoms with E-state index in [2.05, 4.69) is 36.3 Å². The van der Waals surface area contributed by atoms with Gasteiger partial charge in [-0.15, -0.1) is 10.2 Å². The maximum absolute atomic E-state index is 12.3. The average Bonchev–Trinajstić information content (AvgIpc) is 3.30. The van der Waals surface area contributed by atoms with Crippen LogP contribution in [0.5, 0.6) is 0 Å². The molecule has 3 N–H and O–H groups in total. The molecule has 0 radical (unpaired) electrons. The molecule has 1 saturated carbocycles. The molecule has 0 unspecified atom stereocenters. The van der Waals surface area contributed by atoms with Gasteiger partial charge in [-0.05, 0) is 49.1 Å². The van der Waals surface area contributed by atoms with Gasteiger partial charge in [-0.25, -0.2) is 4.68 Å². The molecule has 0 aromatic carbocycles. The van der Waals surface area contributed by atoms with E-state index in [4.69, 9.17) is 10.3 Å². The van der Waals surface area contributed by atoms with Crippen LogP contribution < -0.4 is 11.2 Å². The molecule has 7 nitrogen and oxygen atoms in total. The molecule has 2 heterocycles. The molecule has 2 aromatic rings. The van der Waals surface area contributed by atoms with Crippen LogP contribution in [-0.4, -0.2) is 32.6 Å². The van der Waals surface area contributed by atoms with Crippen LogP contribution in [0.3, 0.4) is 0 Å². The first-order valence-corrected chi connectivity index (χ1v) is 10.6. The summed E-state index contributed by atoms with van der Waals surface area (Å²) in [6, 6.07) is 3.81. The Morgan fingerprint density at radius 3 is 2.74 bits per heavy atom. The van der Waals surface area contributed by atoms with Crippen molar-refractivity contribution in [1.82, 2.24) is 20.2 Å². The highest BCUT2D eigenvalue weighted by atomic mass is 32.2. The van der Waals surface area contributed by atoms with Gasteiger partial charge in [0, 0.05) is 6.04 Å². The zero-order valence-corrected chi connectivity index (χ0v) is 17.1. The van der Waals surface area contributed by atoms with Crippen molar-refractivity contribution >= 4 is 17.7 Å². The molecule has 1 fully saturated rings. The fourth-order valence-corrected chi connectivity index (χ4v) is 4.32. The largest absolute Gasteiger partial charge is 0.461 e. The summed E-state index contributed by atoms with van der Waals surface area (Å²) < 4.78 is 6.64. The molecule has 1 aliphatic rings. The molecule has 0 aliphatic heterocycles. The predicted octanol–water partition coefficient (Wildman–Crippen LogP) is 3.46. The number of nitrogens with two attached hydrogens (primary N) is 1. The number of rotatable bonds is 7. The predicted molar refractivity (Wildman–Crippen MR) is 107 cm³/mol. The minimum atomic E-state index is 0.0146. The second kappa shape index (κ2) is 8.37. The van der Waals surface area contributed by atoms with Crippen LogP contribution in [0, 0.1) is 11.3 Å². The van der Waals surface area contributed by atoms with E-state index < -0.39 is 0 Å². The van der Waals surface area contributed by atoms with Gasteiger partial charge >= 0.3 is 0 Å². The minimum absolute atomic E-state index is 0.0146. The average molecular weight is 392 g/mol. The fraction of sp³-hybridized carbons (Fsp3) is 0.632. The van der Waals surface area contributed by atoms with Gasteiger partial charge < -0.3 is 15.6 Å². The number of nitrogen functional groups attached to an aromatic ring is 1. The number of hydrogen-bond acceptors (Lipinski definition) is 6. The molecule has 0 atom stereocenters. The monoisotopic (exact) mass is 391 g/mol. The van der Waals surface area contributed by atoms with Gasteiger partial charge in [0.05, 0.1) is 12.0 Å². The van der Waals surface area contributed by atoms with E-state index in [0.717, 1.165) is 18.8 Å². The topological polar surface area (TPSA) is 99.0 Å². The smallest absolute Gasteiger partial charge is 0.230 e. The summed E-state index contributed by atoms with van der Waals surface area (Å²) in [4.78, 5) is 12.3. The van der Waals surface area contributed by atoms with Crippen molar-refractivity contribution in [2.45, 2.75) is 64.1 Å². The Morgan fingerprint density at radius 1 is 1.37 bits per heavy atom. The lowest BCUT2D eigenvalue weighted by Gasteiger charge is -2.39. The van der Waals surface area contributed by atoms with Crippen molar-refractivity contribution in [2.24, 2.45) is 11.3 Å². The standard InChI is InChI=1S/C19H29N5O2S/c1-4-19(2,3)13-7-9-14(10-8-13)21-16(25)12-27-18-23-22-17(24(18)20)15-6-5-11-26-15/h5-6,11,13-14H,4,7-10,12,20H2,1-3H3,(H,21,25). The number of hydrogen-bond donors (Lipinski definition) is 2. The molecular formula is C19H29N5O2S. The number of aromatic nitrogens is 3. The lowest BCUT2D eigenvalue weighted by atomic mass is 9.69. The summed E-state index contributed by atoms with van der Waals surface area (Å²) in [5.41, 5.74) is 0.391. The van der Waals surface area contributed by atoms with Crippen LogP contribution in [0.25, 0.3) is 11.6 Å². The minimum Gasteiger partial charge on any atom is -0.461 e. The molecule has 0 saturated heterocycles. The second-order valence-corrected chi connectivity index (χ2v) is 8.84. The molecule has 1 aliphatic carbocycles. The van der Waals surface area contributed by atoms with Gasteiger partial charge in [0.1, 0.15) is 0 Å². The van der Waals surface area contributed by atoms with E-state index in [1.54, 1.807) is 18.4 Å². The summed E-state index contributed by atoms with van der Waals surface area (Å²) in [6.45, 7) is 6.97. The van der Waals surface area contributed by atoms with Crippen molar-refractivity contribution in [3.63, 3.8) is 0 Å². The van der Waals surface area contributed by atoms with Crippen LogP contribution >= 0.6 is 11.8 Å². The van der Waals surface area contributed by atoms with E-state index in [1.165, 1.54) is 35.7 Å². The Balaban J connectivity index is 1.46. The van der Waals surface area contributed by atoms with Gasteiger partial charge in [-0.1, -0.05) is 39.0 Å². The highest BCUT2D eigenvalue weighted by molar-refractivity contribution is 7.99. The first-order chi connectivity index (χ1) is 12.9. The summed E-state index contributed by atoms with van der Waals surface area (Å²) >= 11 is 1.28. The van der Waals surface area contributed by atoms with Crippen molar-refractivity contribution in [3.8, 4) is 11.6 Å². The lowest BCUT2D eigenvalue weighted by molar-refractivity contribution is -0.119. The highest BCUT2D eigenvalue weighted by Gasteiger charge is 2.32. The maximum Gasteiger partial charge on any atom is 0.230 e. The normalized spacial score (nSPS) is 20.6. The quantitative estimate of drug-likeness (QED) is 0.554. The van der Waals surface area contributed by atoms with E-state index >= 15 is 0 Å². The maximum atomic E-state index is 12.3. The van der Waals surface area contributed by atoms with E-state index in [0.29, 0.717) is 22.2 Å². The van der Waals surface area contributed by atoms with E-state index in [-0.39, 0.29) is 17.7 Å². The van der Waals surface area contributed by atoms with Gasteiger partial charge in [-0.2, -0.15) is 0 Å². The second-order valence-electron chi connectivity index (χ2n) is 7.90. The number of nitrogens with zero attached hydrogens (tertiary/aromatic N) is 3. The molecule has 2 aromatic heterocycles. The highest BCUT2D eigenvalue weighted by Crippen LogP contribution is 2.40. The first kappa shape index (κ1) is 19.8. The third-order valence-electron chi connectivity index (χ3n) is 5.85. The third kappa shape index (κ3) is 4.66. The number of thioether (sulfide) groups is 1. The van der Waals surface area contributed by atoms with Crippen LogP contribution in [0.15, 0.2) is 28.0 Å². The van der Waals surface area contributed by atoms with Crippen LogP contribution in [0.2, 0.25) is 0 Å². The van der Waals surface area contributed by atoms with Crippen LogP contribution in [0.1, 0.15) is 52.9 Å².